The maximum absolute atomic E-state index is 10.9. The molecule has 0 heterocycles. The first kappa shape index (κ1) is 16.6. The fraction of sp³-hybridized carbons (Fsp3) is 0.923. The Morgan fingerprint density at radius 1 is 1.24 bits per heavy atom. The Hall–Kier alpha value is -0.430. The van der Waals surface area contributed by atoms with Gasteiger partial charge in [0.05, 0.1) is 0 Å². The zero-order chi connectivity index (χ0) is 13.7. The van der Waals surface area contributed by atoms with Gasteiger partial charge in [-0.05, 0) is 23.7 Å². The molecule has 0 aromatic heterocycles. The van der Waals surface area contributed by atoms with Crippen LogP contribution in [0.25, 0.3) is 0 Å². The number of hydrogen-bond acceptors (Lipinski definition) is 2. The van der Waals surface area contributed by atoms with E-state index in [0.717, 1.165) is 6.42 Å². The van der Waals surface area contributed by atoms with Gasteiger partial charge in [0.1, 0.15) is 6.16 Å². The standard InChI is InChI=1S/C13H25O3P/c1-12(2,3)9-13(4,5)10(8-17-16)6-7-11(14)15/h10H,6-9H2,1-5H3,(H,14,15)/p+1/t10-/m1/s1. The quantitative estimate of drug-likeness (QED) is 0.706. The molecule has 0 spiro atoms. The van der Waals surface area contributed by atoms with Crippen LogP contribution in [0, 0.1) is 16.7 Å². The fourth-order valence-corrected chi connectivity index (χ4v) is 3.64. The number of carboxylic acids is 1. The van der Waals surface area contributed by atoms with Crippen molar-refractivity contribution in [2.24, 2.45) is 16.7 Å². The monoisotopic (exact) mass is 261 g/mol. The number of carboxylic acid groups (broad SMARTS) is 1. The molecule has 0 aliphatic carbocycles. The molecule has 0 radical (unpaired) electrons. The van der Waals surface area contributed by atoms with Crippen LogP contribution in [0.3, 0.4) is 0 Å². The Labute approximate surface area is 106 Å². The van der Waals surface area contributed by atoms with Crippen LogP contribution in [0.5, 0.6) is 0 Å². The van der Waals surface area contributed by atoms with E-state index in [0.29, 0.717) is 12.6 Å². The second-order valence-corrected chi connectivity index (χ2v) is 7.40. The maximum Gasteiger partial charge on any atom is 0.325 e. The van der Waals surface area contributed by atoms with Crippen molar-refractivity contribution in [3.05, 3.63) is 0 Å². The van der Waals surface area contributed by atoms with Gasteiger partial charge in [-0.3, -0.25) is 4.79 Å². The summed E-state index contributed by atoms with van der Waals surface area (Å²) in [5, 5.41) is 8.75. The molecule has 0 rings (SSSR count). The molecule has 4 heteroatoms. The molecular formula is C13H26O3P+. The molecule has 0 bridgehead atoms. The summed E-state index contributed by atoms with van der Waals surface area (Å²) in [4.78, 5) is 10.6. The van der Waals surface area contributed by atoms with Crippen LogP contribution < -0.4 is 0 Å². The fourth-order valence-electron chi connectivity index (χ4n) is 2.68. The second kappa shape index (κ2) is 6.49. The number of aliphatic carboxylic acids is 1. The van der Waals surface area contributed by atoms with Gasteiger partial charge in [-0.25, -0.2) is 0 Å². The van der Waals surface area contributed by atoms with Crippen molar-refractivity contribution >= 4 is 14.4 Å². The molecular weight excluding hydrogens is 235 g/mol. The lowest BCUT2D eigenvalue weighted by atomic mass is 9.68. The molecule has 0 aromatic carbocycles. The Balaban J connectivity index is 4.64. The summed E-state index contributed by atoms with van der Waals surface area (Å²) >= 11 is 0. The molecule has 0 saturated carbocycles. The van der Waals surface area contributed by atoms with E-state index in [4.69, 9.17) is 5.11 Å². The minimum atomic E-state index is -0.768. The average molecular weight is 261 g/mol. The van der Waals surface area contributed by atoms with Gasteiger partial charge in [-0.15, -0.1) is 0 Å². The SMILES string of the molecule is CC(C)(C)CC(C)(C)[C@H](CCC(=O)O)C[PH+]=O. The van der Waals surface area contributed by atoms with E-state index >= 15 is 0 Å². The Morgan fingerprint density at radius 3 is 2.12 bits per heavy atom. The summed E-state index contributed by atoms with van der Waals surface area (Å²) in [5.74, 6) is -0.551. The second-order valence-electron chi connectivity index (χ2n) is 6.70. The first-order valence-electron chi connectivity index (χ1n) is 6.15. The van der Waals surface area contributed by atoms with Crippen LogP contribution in [-0.4, -0.2) is 17.2 Å². The molecule has 0 aliphatic heterocycles. The molecule has 0 aliphatic rings. The number of hydrogen-bond donors (Lipinski definition) is 1. The minimum Gasteiger partial charge on any atom is -0.481 e. The lowest BCUT2D eigenvalue weighted by molar-refractivity contribution is -0.137. The highest BCUT2D eigenvalue weighted by atomic mass is 31.1. The Kier molecular flexibility index (Phi) is 6.32. The molecule has 3 nitrogen and oxygen atoms in total. The number of rotatable bonds is 7. The van der Waals surface area contributed by atoms with Crippen LogP contribution in [0.15, 0.2) is 0 Å². The maximum atomic E-state index is 10.9. The minimum absolute atomic E-state index is 0.0328. The molecule has 0 fully saturated rings. The van der Waals surface area contributed by atoms with Crippen molar-refractivity contribution in [2.75, 3.05) is 6.16 Å². The lowest BCUT2D eigenvalue weighted by Gasteiger charge is -2.37. The summed E-state index contributed by atoms with van der Waals surface area (Å²) < 4.78 is 10.9. The molecule has 2 atom stereocenters. The summed E-state index contributed by atoms with van der Waals surface area (Å²) in [6.07, 6.45) is 2.40. The third-order valence-electron chi connectivity index (χ3n) is 3.13. The Bertz CT molecular complexity index is 266. The lowest BCUT2D eigenvalue weighted by Crippen LogP contribution is -2.30. The molecule has 0 amide bonds. The predicted octanol–water partition coefficient (Wildman–Crippen LogP) is 3.95. The third kappa shape index (κ3) is 7.49. The summed E-state index contributed by atoms with van der Waals surface area (Å²) in [6, 6.07) is 0. The van der Waals surface area contributed by atoms with Crippen molar-refractivity contribution in [3.8, 4) is 0 Å². The van der Waals surface area contributed by atoms with Crippen LogP contribution in [0.4, 0.5) is 0 Å². The van der Waals surface area contributed by atoms with Gasteiger partial charge in [-0.1, -0.05) is 39.2 Å². The summed E-state index contributed by atoms with van der Waals surface area (Å²) in [5.41, 5.74) is 0.238. The van der Waals surface area contributed by atoms with E-state index < -0.39 is 5.97 Å². The van der Waals surface area contributed by atoms with Crippen molar-refractivity contribution in [3.63, 3.8) is 0 Å². The van der Waals surface area contributed by atoms with Crippen molar-refractivity contribution in [2.45, 2.75) is 53.9 Å². The highest BCUT2D eigenvalue weighted by Crippen LogP contribution is 2.42. The van der Waals surface area contributed by atoms with Gasteiger partial charge in [-0.2, -0.15) is 0 Å². The molecule has 1 N–H and O–H groups in total. The van der Waals surface area contributed by atoms with Gasteiger partial charge in [0.2, 0.25) is 0 Å². The first-order valence-corrected chi connectivity index (χ1v) is 7.27. The van der Waals surface area contributed by atoms with Crippen LogP contribution >= 0.6 is 8.46 Å². The topological polar surface area (TPSA) is 54.4 Å². The molecule has 0 aromatic rings. The largest absolute Gasteiger partial charge is 0.481 e. The molecule has 0 saturated heterocycles. The predicted molar refractivity (Wildman–Crippen MR) is 72.1 cm³/mol. The van der Waals surface area contributed by atoms with E-state index in [1.807, 2.05) is 0 Å². The van der Waals surface area contributed by atoms with Gasteiger partial charge in [0, 0.05) is 12.3 Å². The van der Waals surface area contributed by atoms with Crippen molar-refractivity contribution < 1.29 is 14.5 Å². The van der Waals surface area contributed by atoms with E-state index in [2.05, 4.69) is 34.6 Å². The first-order chi connectivity index (χ1) is 7.58. The number of carbonyl (C=O) groups is 1. The van der Waals surface area contributed by atoms with E-state index in [1.165, 1.54) is 0 Å². The van der Waals surface area contributed by atoms with Crippen LogP contribution in [-0.2, 0) is 9.36 Å². The summed E-state index contributed by atoms with van der Waals surface area (Å²) in [6.45, 7) is 10.9. The zero-order valence-corrected chi connectivity index (χ0v) is 12.7. The molecule has 1 unspecified atom stereocenters. The van der Waals surface area contributed by atoms with E-state index in [9.17, 15) is 9.36 Å². The Morgan fingerprint density at radius 2 is 1.76 bits per heavy atom. The highest BCUT2D eigenvalue weighted by molar-refractivity contribution is 7.23. The van der Waals surface area contributed by atoms with Gasteiger partial charge >= 0.3 is 14.4 Å². The van der Waals surface area contributed by atoms with Crippen molar-refractivity contribution in [1.82, 2.24) is 0 Å². The smallest absolute Gasteiger partial charge is 0.325 e. The van der Waals surface area contributed by atoms with E-state index in [-0.39, 0.29) is 31.6 Å². The van der Waals surface area contributed by atoms with Gasteiger partial charge < -0.3 is 5.11 Å². The highest BCUT2D eigenvalue weighted by Gasteiger charge is 2.35. The third-order valence-corrected chi connectivity index (χ3v) is 3.79. The van der Waals surface area contributed by atoms with Crippen LogP contribution in [0.2, 0.25) is 0 Å². The van der Waals surface area contributed by atoms with Crippen LogP contribution in [0.1, 0.15) is 53.9 Å². The van der Waals surface area contributed by atoms with E-state index in [1.54, 1.807) is 0 Å². The van der Waals surface area contributed by atoms with Gasteiger partial charge in [0.15, 0.2) is 0 Å². The van der Waals surface area contributed by atoms with Gasteiger partial charge in [0.25, 0.3) is 0 Å². The normalized spacial score (nSPS) is 14.9. The zero-order valence-electron chi connectivity index (χ0n) is 11.7. The summed E-state index contributed by atoms with van der Waals surface area (Å²) in [7, 11) is -0.341. The average Bonchev–Trinajstić information content (AvgIpc) is 2.07. The molecule has 100 valence electrons. The van der Waals surface area contributed by atoms with Crippen molar-refractivity contribution in [1.29, 1.82) is 0 Å². The molecule has 17 heavy (non-hydrogen) atoms.